The average Bonchev–Trinajstić information content (AvgIpc) is 2.64. The third-order valence-electron chi connectivity index (χ3n) is 3.36. The Morgan fingerprint density at radius 3 is 2.42 bits per heavy atom. The Balaban J connectivity index is 1.62. The molecule has 2 amide bonds. The molecule has 2 N–H and O–H groups in total. The van der Waals surface area contributed by atoms with Gasteiger partial charge in [0.15, 0.2) is 6.61 Å². The van der Waals surface area contributed by atoms with Gasteiger partial charge in [0.1, 0.15) is 0 Å². The second-order valence-electron chi connectivity index (χ2n) is 5.48. The van der Waals surface area contributed by atoms with Gasteiger partial charge in [-0.15, -0.1) is 0 Å². The van der Waals surface area contributed by atoms with Gasteiger partial charge in [-0.1, -0.05) is 48.0 Å². The molecule has 7 heteroatoms. The molecule has 6 nitrogen and oxygen atoms in total. The smallest absolute Gasteiger partial charge is 0.306 e. The quantitative estimate of drug-likeness (QED) is 0.696. The first-order valence-corrected chi connectivity index (χ1v) is 8.42. The first-order chi connectivity index (χ1) is 12.5. The van der Waals surface area contributed by atoms with Crippen LogP contribution in [0.25, 0.3) is 0 Å². The molecule has 0 saturated heterocycles. The molecule has 0 aliphatic carbocycles. The molecule has 0 heterocycles. The summed E-state index contributed by atoms with van der Waals surface area (Å²) in [6.45, 7) is -0.0201. The zero-order valence-electron chi connectivity index (χ0n) is 14.0. The molecular formula is C19H19ClN2O4. The van der Waals surface area contributed by atoms with Crippen molar-refractivity contribution in [1.29, 1.82) is 0 Å². The summed E-state index contributed by atoms with van der Waals surface area (Å²) in [7, 11) is 0. The van der Waals surface area contributed by atoms with Gasteiger partial charge in [-0.25, -0.2) is 0 Å². The number of anilines is 1. The number of nitrogens with one attached hydrogen (secondary N) is 2. The number of carbonyl (C=O) groups is 3. The molecule has 0 radical (unpaired) electrons. The van der Waals surface area contributed by atoms with Crippen molar-refractivity contribution in [3.05, 3.63) is 65.2 Å². The topological polar surface area (TPSA) is 84.5 Å². The van der Waals surface area contributed by atoms with Gasteiger partial charge < -0.3 is 15.4 Å². The van der Waals surface area contributed by atoms with E-state index in [1.807, 2.05) is 30.3 Å². The molecule has 0 unspecified atom stereocenters. The molecule has 0 fully saturated rings. The van der Waals surface area contributed by atoms with Gasteiger partial charge in [0.25, 0.3) is 5.91 Å². The summed E-state index contributed by atoms with van der Waals surface area (Å²) in [5, 5.41) is 5.77. The Bertz CT molecular complexity index is 765. The van der Waals surface area contributed by atoms with Crippen molar-refractivity contribution < 1.29 is 19.1 Å². The summed E-state index contributed by atoms with van der Waals surface area (Å²) in [6, 6.07) is 16.1. The van der Waals surface area contributed by atoms with Gasteiger partial charge in [-0.3, -0.25) is 14.4 Å². The number of carbonyl (C=O) groups excluding carboxylic acids is 3. The van der Waals surface area contributed by atoms with Crippen LogP contribution in [-0.2, 0) is 25.7 Å². The normalized spacial score (nSPS) is 10.0. The van der Waals surface area contributed by atoms with Crippen LogP contribution in [0.3, 0.4) is 0 Å². The third kappa shape index (κ3) is 7.36. The number of hydrogen-bond acceptors (Lipinski definition) is 4. The van der Waals surface area contributed by atoms with Crippen molar-refractivity contribution >= 4 is 35.1 Å². The molecule has 0 aliphatic heterocycles. The van der Waals surface area contributed by atoms with E-state index in [0.717, 1.165) is 5.56 Å². The van der Waals surface area contributed by atoms with Crippen LogP contribution in [0.5, 0.6) is 0 Å². The van der Waals surface area contributed by atoms with E-state index in [-0.39, 0.29) is 18.7 Å². The lowest BCUT2D eigenvalue weighted by Crippen LogP contribution is -2.25. The summed E-state index contributed by atoms with van der Waals surface area (Å²) >= 11 is 5.82. The minimum Gasteiger partial charge on any atom is -0.456 e. The molecule has 0 saturated carbocycles. The Kier molecular flexibility index (Phi) is 7.64. The van der Waals surface area contributed by atoms with Crippen molar-refractivity contribution in [2.45, 2.75) is 19.4 Å². The predicted molar refractivity (Wildman–Crippen MR) is 98.6 cm³/mol. The Labute approximate surface area is 156 Å². The van der Waals surface area contributed by atoms with E-state index in [0.29, 0.717) is 17.3 Å². The summed E-state index contributed by atoms with van der Waals surface area (Å²) < 4.78 is 4.86. The highest BCUT2D eigenvalue weighted by Gasteiger charge is 2.10. The molecule has 2 aromatic rings. The fraction of sp³-hybridized carbons (Fsp3) is 0.211. The molecule has 0 spiro atoms. The van der Waals surface area contributed by atoms with E-state index in [1.165, 1.54) is 0 Å². The van der Waals surface area contributed by atoms with Gasteiger partial charge in [0.05, 0.1) is 6.42 Å². The monoisotopic (exact) mass is 374 g/mol. The lowest BCUT2D eigenvalue weighted by Gasteiger charge is -2.07. The fourth-order valence-corrected chi connectivity index (χ4v) is 2.27. The minimum absolute atomic E-state index is 0.00157. The maximum Gasteiger partial charge on any atom is 0.306 e. The molecule has 0 aromatic heterocycles. The largest absolute Gasteiger partial charge is 0.456 e. The maximum atomic E-state index is 11.7. The zero-order valence-corrected chi connectivity index (χ0v) is 14.8. The highest BCUT2D eigenvalue weighted by molar-refractivity contribution is 6.30. The summed E-state index contributed by atoms with van der Waals surface area (Å²) in [5.74, 6) is -1.34. The van der Waals surface area contributed by atoms with E-state index >= 15 is 0 Å². The highest BCUT2D eigenvalue weighted by atomic mass is 35.5. The number of amides is 2. The molecule has 0 bridgehead atoms. The lowest BCUT2D eigenvalue weighted by molar-refractivity contribution is -0.148. The predicted octanol–water partition coefficient (Wildman–Crippen LogP) is 2.92. The van der Waals surface area contributed by atoms with Crippen LogP contribution >= 0.6 is 11.6 Å². The summed E-state index contributed by atoms with van der Waals surface area (Å²) in [5.41, 5.74) is 1.49. The van der Waals surface area contributed by atoms with Crippen LogP contribution in [-0.4, -0.2) is 24.4 Å². The van der Waals surface area contributed by atoms with Crippen molar-refractivity contribution in [2.75, 3.05) is 11.9 Å². The number of halogens is 1. The van der Waals surface area contributed by atoms with Gasteiger partial charge >= 0.3 is 5.97 Å². The maximum absolute atomic E-state index is 11.7. The van der Waals surface area contributed by atoms with Gasteiger partial charge in [0, 0.05) is 23.7 Å². The molecule has 2 aromatic carbocycles. The second kappa shape index (κ2) is 10.2. The van der Waals surface area contributed by atoms with Crippen LogP contribution in [0.15, 0.2) is 54.6 Å². The molecule has 0 atom stereocenters. The van der Waals surface area contributed by atoms with Crippen molar-refractivity contribution in [3.8, 4) is 0 Å². The zero-order chi connectivity index (χ0) is 18.8. The van der Waals surface area contributed by atoms with Crippen LogP contribution in [0.4, 0.5) is 5.69 Å². The summed E-state index contributed by atoms with van der Waals surface area (Å²) in [4.78, 5) is 35.1. The number of rotatable bonds is 8. The Morgan fingerprint density at radius 2 is 1.69 bits per heavy atom. The van der Waals surface area contributed by atoms with E-state index in [9.17, 15) is 14.4 Å². The Morgan fingerprint density at radius 1 is 0.923 bits per heavy atom. The summed E-state index contributed by atoms with van der Waals surface area (Å²) in [6.07, 6.45) is -0.0906. The number of hydrogen-bond donors (Lipinski definition) is 2. The number of esters is 1. The molecule has 26 heavy (non-hydrogen) atoms. The second-order valence-corrected chi connectivity index (χ2v) is 5.92. The van der Waals surface area contributed by atoms with E-state index in [2.05, 4.69) is 10.6 Å². The first kappa shape index (κ1) is 19.5. The van der Waals surface area contributed by atoms with Crippen LogP contribution in [0, 0.1) is 0 Å². The Hall–Kier alpha value is -2.86. The van der Waals surface area contributed by atoms with Crippen LogP contribution in [0.2, 0.25) is 5.02 Å². The fourth-order valence-electron chi connectivity index (χ4n) is 2.08. The SMILES string of the molecule is O=C(CCC(=O)OCC(=O)Nc1cccc(Cl)c1)NCc1ccccc1. The van der Waals surface area contributed by atoms with Crippen molar-refractivity contribution in [1.82, 2.24) is 5.32 Å². The van der Waals surface area contributed by atoms with Gasteiger partial charge in [0.2, 0.25) is 5.91 Å². The van der Waals surface area contributed by atoms with E-state index in [4.69, 9.17) is 16.3 Å². The standard InChI is InChI=1S/C19H19ClN2O4/c20-15-7-4-8-16(11-15)22-18(24)13-26-19(25)10-9-17(23)21-12-14-5-2-1-3-6-14/h1-8,11H,9-10,12-13H2,(H,21,23)(H,22,24). The van der Waals surface area contributed by atoms with Crippen LogP contribution < -0.4 is 10.6 Å². The molecule has 0 aliphatic rings. The van der Waals surface area contributed by atoms with Gasteiger partial charge in [-0.05, 0) is 23.8 Å². The third-order valence-corrected chi connectivity index (χ3v) is 3.60. The van der Waals surface area contributed by atoms with Crippen molar-refractivity contribution in [2.24, 2.45) is 0 Å². The average molecular weight is 375 g/mol. The molecule has 2 rings (SSSR count). The highest BCUT2D eigenvalue weighted by Crippen LogP contribution is 2.14. The lowest BCUT2D eigenvalue weighted by atomic mass is 10.2. The van der Waals surface area contributed by atoms with Crippen LogP contribution in [0.1, 0.15) is 18.4 Å². The number of benzene rings is 2. The molecular weight excluding hydrogens is 356 g/mol. The van der Waals surface area contributed by atoms with Crippen molar-refractivity contribution in [3.63, 3.8) is 0 Å². The number of ether oxygens (including phenoxy) is 1. The van der Waals surface area contributed by atoms with E-state index in [1.54, 1.807) is 24.3 Å². The first-order valence-electron chi connectivity index (χ1n) is 8.04. The minimum atomic E-state index is -0.610. The van der Waals surface area contributed by atoms with Gasteiger partial charge in [-0.2, -0.15) is 0 Å². The van der Waals surface area contributed by atoms with E-state index < -0.39 is 18.5 Å². The molecule has 136 valence electrons.